The van der Waals surface area contributed by atoms with Crippen LogP contribution in [0.15, 0.2) is 18.2 Å². The molecular formula is C13H22N2. The molecule has 84 valence electrons. The van der Waals surface area contributed by atoms with Gasteiger partial charge in [-0.25, -0.2) is 0 Å². The molecule has 0 unspecified atom stereocenters. The van der Waals surface area contributed by atoms with Gasteiger partial charge in [-0.15, -0.1) is 0 Å². The fourth-order valence-electron chi connectivity index (χ4n) is 1.33. The van der Waals surface area contributed by atoms with E-state index in [1.54, 1.807) is 0 Å². The maximum atomic E-state index is 5.66. The summed E-state index contributed by atoms with van der Waals surface area (Å²) in [4.78, 5) is 0. The first-order valence-corrected chi connectivity index (χ1v) is 5.46. The number of benzene rings is 1. The van der Waals surface area contributed by atoms with Crippen LogP contribution in [-0.2, 0) is 6.54 Å². The first kappa shape index (κ1) is 12.2. The lowest BCUT2D eigenvalue weighted by molar-refractivity contribution is 0.396. The van der Waals surface area contributed by atoms with Crippen molar-refractivity contribution in [2.75, 3.05) is 6.54 Å². The fraction of sp³-hybridized carbons (Fsp3) is 0.538. The van der Waals surface area contributed by atoms with E-state index < -0.39 is 0 Å². The van der Waals surface area contributed by atoms with Crippen LogP contribution in [0.3, 0.4) is 0 Å². The van der Waals surface area contributed by atoms with E-state index in [0.29, 0.717) is 6.54 Å². The van der Waals surface area contributed by atoms with Gasteiger partial charge in [0.15, 0.2) is 0 Å². The number of nitrogens with two attached hydrogens (primary N) is 1. The summed E-state index contributed by atoms with van der Waals surface area (Å²) in [7, 11) is 0. The number of hydrogen-bond acceptors (Lipinski definition) is 2. The Morgan fingerprint density at radius 1 is 1.20 bits per heavy atom. The highest BCUT2D eigenvalue weighted by Crippen LogP contribution is 2.10. The van der Waals surface area contributed by atoms with Gasteiger partial charge in [0.1, 0.15) is 0 Å². The molecule has 0 spiro atoms. The van der Waals surface area contributed by atoms with Crippen molar-refractivity contribution in [3.8, 4) is 0 Å². The highest BCUT2D eigenvalue weighted by atomic mass is 15.0. The molecule has 0 fully saturated rings. The highest BCUT2D eigenvalue weighted by Gasteiger charge is 2.13. The minimum absolute atomic E-state index is 0.0127. The molecule has 15 heavy (non-hydrogen) atoms. The summed E-state index contributed by atoms with van der Waals surface area (Å²) >= 11 is 0. The van der Waals surface area contributed by atoms with E-state index in [1.165, 1.54) is 16.7 Å². The van der Waals surface area contributed by atoms with Crippen molar-refractivity contribution in [3.63, 3.8) is 0 Å². The van der Waals surface area contributed by atoms with Crippen molar-refractivity contribution < 1.29 is 0 Å². The van der Waals surface area contributed by atoms with Crippen LogP contribution in [-0.4, -0.2) is 12.1 Å². The van der Waals surface area contributed by atoms with Crippen molar-refractivity contribution in [3.05, 3.63) is 34.9 Å². The summed E-state index contributed by atoms with van der Waals surface area (Å²) in [6.07, 6.45) is 0. The van der Waals surface area contributed by atoms with E-state index in [4.69, 9.17) is 5.73 Å². The Hall–Kier alpha value is -0.860. The maximum Gasteiger partial charge on any atom is 0.0250 e. The summed E-state index contributed by atoms with van der Waals surface area (Å²) < 4.78 is 0. The van der Waals surface area contributed by atoms with Gasteiger partial charge in [-0.05, 0) is 44.4 Å². The monoisotopic (exact) mass is 206 g/mol. The molecule has 2 nitrogen and oxygen atoms in total. The minimum Gasteiger partial charge on any atom is -0.329 e. The maximum absolute atomic E-state index is 5.66. The van der Waals surface area contributed by atoms with Gasteiger partial charge < -0.3 is 11.1 Å². The minimum atomic E-state index is 0.0127. The van der Waals surface area contributed by atoms with Gasteiger partial charge >= 0.3 is 0 Å². The lowest BCUT2D eigenvalue weighted by Crippen LogP contribution is -2.45. The molecule has 1 aromatic carbocycles. The third-order valence-electron chi connectivity index (χ3n) is 2.85. The van der Waals surface area contributed by atoms with E-state index >= 15 is 0 Å². The van der Waals surface area contributed by atoms with Gasteiger partial charge in [0.05, 0.1) is 0 Å². The molecular weight excluding hydrogens is 184 g/mol. The van der Waals surface area contributed by atoms with Gasteiger partial charge in [-0.2, -0.15) is 0 Å². The zero-order valence-electron chi connectivity index (χ0n) is 10.2. The molecule has 0 heterocycles. The summed E-state index contributed by atoms with van der Waals surface area (Å²) in [5.41, 5.74) is 9.69. The average Bonchev–Trinajstić information content (AvgIpc) is 2.20. The molecule has 0 aromatic heterocycles. The van der Waals surface area contributed by atoms with E-state index in [0.717, 1.165) is 6.54 Å². The van der Waals surface area contributed by atoms with Gasteiger partial charge in [0.2, 0.25) is 0 Å². The van der Waals surface area contributed by atoms with Crippen LogP contribution in [0, 0.1) is 13.8 Å². The van der Waals surface area contributed by atoms with E-state index in [2.05, 4.69) is 51.2 Å². The Morgan fingerprint density at radius 2 is 1.87 bits per heavy atom. The molecule has 0 aliphatic rings. The predicted octanol–water partition coefficient (Wildman–Crippen LogP) is 2.13. The van der Waals surface area contributed by atoms with Gasteiger partial charge in [-0.1, -0.05) is 18.2 Å². The topological polar surface area (TPSA) is 38.0 Å². The number of nitrogens with one attached hydrogen (secondary N) is 1. The summed E-state index contributed by atoms with van der Waals surface area (Å²) in [6, 6.07) is 6.57. The molecule has 0 aliphatic heterocycles. The predicted molar refractivity (Wildman–Crippen MR) is 65.9 cm³/mol. The van der Waals surface area contributed by atoms with Crippen LogP contribution in [0.4, 0.5) is 0 Å². The molecule has 0 saturated heterocycles. The molecule has 0 atom stereocenters. The Bertz CT molecular complexity index is 329. The Labute approximate surface area is 92.9 Å². The third-order valence-corrected chi connectivity index (χ3v) is 2.85. The standard InChI is InChI=1S/C13H22N2/c1-10-5-6-12(7-11(10)2)8-15-13(3,4)9-14/h5-7,15H,8-9,14H2,1-4H3. The summed E-state index contributed by atoms with van der Waals surface area (Å²) in [5, 5.41) is 3.45. The second-order valence-electron chi connectivity index (χ2n) is 4.86. The van der Waals surface area contributed by atoms with Crippen molar-refractivity contribution in [1.82, 2.24) is 5.32 Å². The zero-order valence-corrected chi connectivity index (χ0v) is 10.2. The molecule has 3 N–H and O–H groups in total. The van der Waals surface area contributed by atoms with Gasteiger partial charge in [-0.3, -0.25) is 0 Å². The van der Waals surface area contributed by atoms with Gasteiger partial charge in [0.25, 0.3) is 0 Å². The van der Waals surface area contributed by atoms with E-state index in [1.807, 2.05) is 0 Å². The first-order chi connectivity index (χ1) is 6.94. The quantitative estimate of drug-likeness (QED) is 0.792. The van der Waals surface area contributed by atoms with E-state index in [-0.39, 0.29) is 5.54 Å². The van der Waals surface area contributed by atoms with Crippen LogP contribution in [0.2, 0.25) is 0 Å². The summed E-state index contributed by atoms with van der Waals surface area (Å²) in [6.45, 7) is 10.1. The van der Waals surface area contributed by atoms with Crippen LogP contribution in [0.5, 0.6) is 0 Å². The molecule has 1 rings (SSSR count). The average molecular weight is 206 g/mol. The van der Waals surface area contributed by atoms with Crippen LogP contribution < -0.4 is 11.1 Å². The SMILES string of the molecule is Cc1ccc(CNC(C)(C)CN)cc1C. The molecule has 0 amide bonds. The number of aryl methyl sites for hydroxylation is 2. The van der Waals surface area contributed by atoms with Crippen LogP contribution >= 0.6 is 0 Å². The van der Waals surface area contributed by atoms with Crippen molar-refractivity contribution in [2.24, 2.45) is 5.73 Å². The largest absolute Gasteiger partial charge is 0.329 e. The second-order valence-corrected chi connectivity index (χ2v) is 4.86. The Balaban J connectivity index is 2.62. The molecule has 2 heteroatoms. The normalized spacial score (nSPS) is 11.8. The highest BCUT2D eigenvalue weighted by molar-refractivity contribution is 5.29. The number of hydrogen-bond donors (Lipinski definition) is 2. The third kappa shape index (κ3) is 3.65. The second kappa shape index (κ2) is 4.77. The van der Waals surface area contributed by atoms with E-state index in [9.17, 15) is 0 Å². The zero-order chi connectivity index (χ0) is 11.5. The lowest BCUT2D eigenvalue weighted by atomic mass is 10.0. The molecule has 0 aliphatic carbocycles. The smallest absolute Gasteiger partial charge is 0.0250 e. The molecule has 0 bridgehead atoms. The molecule has 1 aromatic rings. The van der Waals surface area contributed by atoms with Crippen molar-refractivity contribution >= 4 is 0 Å². The Morgan fingerprint density at radius 3 is 2.40 bits per heavy atom. The van der Waals surface area contributed by atoms with Gasteiger partial charge in [0, 0.05) is 18.6 Å². The molecule has 0 saturated carbocycles. The van der Waals surface area contributed by atoms with Crippen LogP contribution in [0.25, 0.3) is 0 Å². The van der Waals surface area contributed by atoms with Crippen molar-refractivity contribution in [1.29, 1.82) is 0 Å². The number of rotatable bonds is 4. The Kier molecular flexibility index (Phi) is 3.89. The first-order valence-electron chi connectivity index (χ1n) is 5.46. The lowest BCUT2D eigenvalue weighted by Gasteiger charge is -2.24. The summed E-state index contributed by atoms with van der Waals surface area (Å²) in [5.74, 6) is 0. The fourth-order valence-corrected chi connectivity index (χ4v) is 1.33. The molecule has 0 radical (unpaired) electrons. The van der Waals surface area contributed by atoms with Crippen molar-refractivity contribution in [2.45, 2.75) is 39.8 Å². The van der Waals surface area contributed by atoms with Crippen LogP contribution in [0.1, 0.15) is 30.5 Å².